The van der Waals surface area contributed by atoms with Crippen LogP contribution in [0.2, 0.25) is 0 Å². The third kappa shape index (κ3) is 3.43. The summed E-state index contributed by atoms with van der Waals surface area (Å²) in [6, 6.07) is 3.47. The zero-order valence-corrected chi connectivity index (χ0v) is 12.9. The summed E-state index contributed by atoms with van der Waals surface area (Å²) in [6.07, 6.45) is -4.45. The summed E-state index contributed by atoms with van der Waals surface area (Å²) in [5.74, 6) is -0.258. The molecule has 1 amide bonds. The summed E-state index contributed by atoms with van der Waals surface area (Å²) in [4.78, 5) is 13.8. The number of carbonyl (C=O) groups excluding carboxylic acids is 1. The highest BCUT2D eigenvalue weighted by atomic mass is 127. The van der Waals surface area contributed by atoms with Crippen molar-refractivity contribution >= 4 is 28.5 Å². The van der Waals surface area contributed by atoms with Gasteiger partial charge >= 0.3 is 6.18 Å². The van der Waals surface area contributed by atoms with Crippen molar-refractivity contribution in [3.05, 3.63) is 32.9 Å². The molecule has 1 aliphatic heterocycles. The maximum atomic E-state index is 12.7. The monoisotopic (exact) mass is 399 g/mol. The number of morpholine rings is 1. The fourth-order valence-electron chi connectivity index (χ4n) is 2.06. The third-order valence-corrected chi connectivity index (χ3v) is 3.94. The van der Waals surface area contributed by atoms with E-state index in [2.05, 4.69) is 0 Å². The van der Waals surface area contributed by atoms with Gasteiger partial charge in [-0.15, -0.1) is 0 Å². The van der Waals surface area contributed by atoms with Crippen LogP contribution in [0.15, 0.2) is 18.2 Å². The van der Waals surface area contributed by atoms with E-state index in [0.717, 1.165) is 6.07 Å². The van der Waals surface area contributed by atoms with Crippen LogP contribution in [-0.4, -0.2) is 36.6 Å². The molecule has 1 aromatic rings. The average molecular weight is 399 g/mol. The second kappa shape index (κ2) is 5.88. The molecule has 0 bridgehead atoms. The Morgan fingerprint density at radius 1 is 1.45 bits per heavy atom. The van der Waals surface area contributed by atoms with Gasteiger partial charge in [-0.2, -0.15) is 13.2 Å². The van der Waals surface area contributed by atoms with E-state index in [9.17, 15) is 18.0 Å². The van der Waals surface area contributed by atoms with Gasteiger partial charge in [0.25, 0.3) is 5.91 Å². The van der Waals surface area contributed by atoms with Crippen LogP contribution in [0.3, 0.4) is 0 Å². The normalized spacial score (nSPS) is 20.1. The van der Waals surface area contributed by atoms with Crippen LogP contribution >= 0.6 is 22.6 Å². The quantitative estimate of drug-likeness (QED) is 0.680. The first-order valence-corrected chi connectivity index (χ1v) is 7.14. The van der Waals surface area contributed by atoms with Gasteiger partial charge in [0.1, 0.15) is 0 Å². The third-order valence-electron chi connectivity index (χ3n) is 3.05. The van der Waals surface area contributed by atoms with Crippen LogP contribution in [0.1, 0.15) is 22.8 Å². The van der Waals surface area contributed by atoms with E-state index in [4.69, 9.17) is 4.74 Å². The number of hydrogen-bond donors (Lipinski definition) is 0. The SMILES string of the molecule is C[C@@H]1CN(C(=O)c2ccc(C(F)(F)F)c(I)c2)CCO1. The molecule has 0 saturated carbocycles. The lowest BCUT2D eigenvalue weighted by Crippen LogP contribution is -2.44. The van der Waals surface area contributed by atoms with Crippen molar-refractivity contribution in [1.29, 1.82) is 0 Å². The summed E-state index contributed by atoms with van der Waals surface area (Å²) in [5, 5.41) is 0. The van der Waals surface area contributed by atoms with Gasteiger partial charge in [0.2, 0.25) is 0 Å². The number of nitrogens with zero attached hydrogens (tertiary/aromatic N) is 1. The van der Waals surface area contributed by atoms with E-state index in [1.807, 2.05) is 6.92 Å². The number of hydrogen-bond acceptors (Lipinski definition) is 2. The van der Waals surface area contributed by atoms with Crippen molar-refractivity contribution in [3.63, 3.8) is 0 Å². The Kier molecular flexibility index (Phi) is 4.58. The van der Waals surface area contributed by atoms with Crippen molar-refractivity contribution in [3.8, 4) is 0 Å². The minimum Gasteiger partial charge on any atom is -0.375 e. The van der Waals surface area contributed by atoms with Gasteiger partial charge in [0.05, 0.1) is 18.3 Å². The number of alkyl halides is 3. The highest BCUT2D eigenvalue weighted by molar-refractivity contribution is 14.1. The van der Waals surface area contributed by atoms with Crippen LogP contribution < -0.4 is 0 Å². The second-order valence-electron chi connectivity index (χ2n) is 4.62. The van der Waals surface area contributed by atoms with E-state index in [1.54, 1.807) is 27.5 Å². The number of rotatable bonds is 1. The molecule has 1 aromatic carbocycles. The Morgan fingerprint density at radius 3 is 2.70 bits per heavy atom. The molecule has 1 fully saturated rings. The highest BCUT2D eigenvalue weighted by Gasteiger charge is 2.33. The number of ether oxygens (including phenoxy) is 1. The Hall–Kier alpha value is -0.830. The molecule has 110 valence electrons. The first-order chi connectivity index (χ1) is 9.29. The molecule has 1 saturated heterocycles. The van der Waals surface area contributed by atoms with Gasteiger partial charge in [-0.1, -0.05) is 0 Å². The van der Waals surface area contributed by atoms with E-state index < -0.39 is 11.7 Å². The number of halogens is 4. The Bertz CT molecular complexity index is 519. The fourth-order valence-corrected chi connectivity index (χ4v) is 2.88. The van der Waals surface area contributed by atoms with Gasteiger partial charge < -0.3 is 9.64 Å². The minimum atomic E-state index is -4.40. The largest absolute Gasteiger partial charge is 0.417 e. The summed E-state index contributed by atoms with van der Waals surface area (Å²) in [7, 11) is 0. The van der Waals surface area contributed by atoms with E-state index in [0.29, 0.717) is 19.7 Å². The Balaban J connectivity index is 2.21. The van der Waals surface area contributed by atoms with Gasteiger partial charge in [-0.05, 0) is 47.7 Å². The van der Waals surface area contributed by atoms with Crippen LogP contribution in [0.4, 0.5) is 13.2 Å². The number of amides is 1. The van der Waals surface area contributed by atoms with E-state index in [-0.39, 0.29) is 21.1 Å². The molecule has 1 atom stereocenters. The van der Waals surface area contributed by atoms with Gasteiger partial charge in [0, 0.05) is 22.2 Å². The topological polar surface area (TPSA) is 29.5 Å². The molecule has 0 spiro atoms. The summed E-state index contributed by atoms with van der Waals surface area (Å²) in [5.41, 5.74) is -0.443. The lowest BCUT2D eigenvalue weighted by atomic mass is 10.1. The van der Waals surface area contributed by atoms with E-state index in [1.165, 1.54) is 12.1 Å². The molecular weight excluding hydrogens is 386 g/mol. The van der Waals surface area contributed by atoms with Crippen LogP contribution in [0.25, 0.3) is 0 Å². The van der Waals surface area contributed by atoms with Gasteiger partial charge in [0.15, 0.2) is 0 Å². The van der Waals surface area contributed by atoms with Crippen molar-refractivity contribution in [2.75, 3.05) is 19.7 Å². The first-order valence-electron chi connectivity index (χ1n) is 6.06. The first kappa shape index (κ1) is 15.6. The van der Waals surface area contributed by atoms with Gasteiger partial charge in [-0.25, -0.2) is 0 Å². The second-order valence-corrected chi connectivity index (χ2v) is 5.79. The zero-order chi connectivity index (χ0) is 14.9. The molecule has 2 rings (SSSR count). The Labute approximate surface area is 128 Å². The summed E-state index contributed by atoms with van der Waals surface area (Å²) in [6.45, 7) is 3.22. The fraction of sp³-hybridized carbons (Fsp3) is 0.462. The molecule has 0 radical (unpaired) electrons. The zero-order valence-electron chi connectivity index (χ0n) is 10.7. The maximum Gasteiger partial charge on any atom is 0.417 e. The molecule has 3 nitrogen and oxygen atoms in total. The molecule has 0 aliphatic carbocycles. The molecule has 1 heterocycles. The maximum absolute atomic E-state index is 12.7. The summed E-state index contributed by atoms with van der Waals surface area (Å²) < 4.78 is 43.4. The minimum absolute atomic E-state index is 0.0299. The average Bonchev–Trinajstić information content (AvgIpc) is 2.36. The molecule has 0 unspecified atom stereocenters. The molecule has 7 heteroatoms. The Morgan fingerprint density at radius 2 is 2.15 bits per heavy atom. The predicted octanol–water partition coefficient (Wildman–Crippen LogP) is 3.17. The highest BCUT2D eigenvalue weighted by Crippen LogP contribution is 2.33. The smallest absolute Gasteiger partial charge is 0.375 e. The lowest BCUT2D eigenvalue weighted by Gasteiger charge is -2.31. The van der Waals surface area contributed by atoms with Crippen molar-refractivity contribution in [1.82, 2.24) is 4.90 Å². The predicted molar refractivity (Wildman–Crippen MR) is 75.5 cm³/mol. The number of benzene rings is 1. The standard InChI is InChI=1S/C13H13F3INO2/c1-8-7-18(4-5-20-8)12(19)9-2-3-10(11(17)6-9)13(14,15)16/h2-3,6,8H,4-5,7H2,1H3/t8-/m1/s1. The van der Waals surface area contributed by atoms with Crippen LogP contribution in [0.5, 0.6) is 0 Å². The van der Waals surface area contributed by atoms with Crippen LogP contribution in [0, 0.1) is 3.57 Å². The molecule has 1 aliphatic rings. The van der Waals surface area contributed by atoms with Crippen molar-refractivity contribution in [2.24, 2.45) is 0 Å². The van der Waals surface area contributed by atoms with Crippen molar-refractivity contribution < 1.29 is 22.7 Å². The number of carbonyl (C=O) groups is 1. The van der Waals surface area contributed by atoms with E-state index >= 15 is 0 Å². The molecule has 0 N–H and O–H groups in total. The molecule has 0 aromatic heterocycles. The summed E-state index contributed by atoms with van der Waals surface area (Å²) >= 11 is 1.60. The lowest BCUT2D eigenvalue weighted by molar-refractivity contribution is -0.138. The van der Waals surface area contributed by atoms with Crippen LogP contribution in [-0.2, 0) is 10.9 Å². The van der Waals surface area contributed by atoms with Crippen molar-refractivity contribution in [2.45, 2.75) is 19.2 Å². The molecule has 20 heavy (non-hydrogen) atoms. The molecular formula is C13H13F3INO2. The van der Waals surface area contributed by atoms with Gasteiger partial charge in [-0.3, -0.25) is 4.79 Å².